The van der Waals surface area contributed by atoms with E-state index < -0.39 is 29.6 Å². The molecule has 1 fully saturated rings. The molecule has 6 nitrogen and oxygen atoms in total. The zero-order chi connectivity index (χ0) is 19.6. The molecule has 142 valence electrons. The van der Waals surface area contributed by atoms with E-state index in [-0.39, 0.29) is 5.56 Å². The number of primary amides is 1. The highest BCUT2D eigenvalue weighted by atomic mass is 32.1. The number of amides is 2. The van der Waals surface area contributed by atoms with E-state index in [4.69, 9.17) is 5.73 Å². The van der Waals surface area contributed by atoms with Crippen LogP contribution in [0, 0.1) is 18.8 Å². The summed E-state index contributed by atoms with van der Waals surface area (Å²) in [6.07, 6.45) is 2.49. The van der Waals surface area contributed by atoms with Gasteiger partial charge in [0, 0.05) is 28.2 Å². The van der Waals surface area contributed by atoms with E-state index in [0.29, 0.717) is 23.4 Å². The van der Waals surface area contributed by atoms with Gasteiger partial charge in [-0.2, -0.15) is 0 Å². The number of carbonyl (C=O) groups excluding carboxylic acids is 3. The van der Waals surface area contributed by atoms with Gasteiger partial charge in [-0.1, -0.05) is 43.2 Å². The lowest BCUT2D eigenvalue weighted by atomic mass is 9.78. The molecule has 2 atom stereocenters. The van der Waals surface area contributed by atoms with Gasteiger partial charge in [0.05, 0.1) is 5.56 Å². The van der Waals surface area contributed by atoms with E-state index in [0.717, 1.165) is 23.3 Å². The Morgan fingerprint density at radius 3 is 2.33 bits per heavy atom. The van der Waals surface area contributed by atoms with E-state index >= 15 is 0 Å². The first-order valence-electron chi connectivity index (χ1n) is 8.90. The number of aliphatic carboxylic acids is 1. The van der Waals surface area contributed by atoms with Crippen molar-refractivity contribution in [3.05, 3.63) is 40.8 Å². The fourth-order valence-corrected chi connectivity index (χ4v) is 4.84. The monoisotopic (exact) mass is 385 g/mol. The van der Waals surface area contributed by atoms with E-state index in [1.54, 1.807) is 0 Å². The molecule has 1 aliphatic carbocycles. The van der Waals surface area contributed by atoms with Gasteiger partial charge < -0.3 is 21.0 Å². The van der Waals surface area contributed by atoms with Crippen LogP contribution < -0.4 is 16.2 Å². The maximum absolute atomic E-state index is 12.8. The molecule has 1 heterocycles. The third-order valence-electron chi connectivity index (χ3n) is 5.04. The summed E-state index contributed by atoms with van der Waals surface area (Å²) in [6, 6.07) is 9.35. The summed E-state index contributed by atoms with van der Waals surface area (Å²) < 4.78 is 0. The summed E-state index contributed by atoms with van der Waals surface area (Å²) in [5, 5.41) is 14.5. The van der Waals surface area contributed by atoms with Gasteiger partial charge in [-0.3, -0.25) is 9.59 Å². The molecule has 0 bridgehead atoms. The molecule has 1 aromatic carbocycles. The second-order valence-corrected chi connectivity index (χ2v) is 8.00. The average molecular weight is 385 g/mol. The number of carbonyl (C=O) groups is 3. The van der Waals surface area contributed by atoms with Crippen molar-refractivity contribution in [3.8, 4) is 11.1 Å². The number of hydrogen-bond donors (Lipinski definition) is 2. The first kappa shape index (κ1) is 19.1. The number of nitrogens with two attached hydrogens (primary N) is 1. The van der Waals surface area contributed by atoms with Gasteiger partial charge in [0.25, 0.3) is 5.91 Å². The Morgan fingerprint density at radius 1 is 1.11 bits per heavy atom. The van der Waals surface area contributed by atoms with Crippen molar-refractivity contribution in [2.75, 3.05) is 5.32 Å². The van der Waals surface area contributed by atoms with Crippen molar-refractivity contribution >= 4 is 34.1 Å². The molecule has 2 aromatic rings. The van der Waals surface area contributed by atoms with Crippen LogP contribution in [0.5, 0.6) is 0 Å². The number of hydrogen-bond acceptors (Lipinski definition) is 5. The maximum atomic E-state index is 12.8. The predicted molar refractivity (Wildman–Crippen MR) is 102 cm³/mol. The van der Waals surface area contributed by atoms with E-state index in [9.17, 15) is 19.5 Å². The first-order chi connectivity index (χ1) is 12.9. The number of rotatable bonds is 5. The number of nitrogens with one attached hydrogen (secondary N) is 1. The summed E-state index contributed by atoms with van der Waals surface area (Å²) in [4.78, 5) is 37.1. The van der Waals surface area contributed by atoms with Crippen LogP contribution in [0.4, 0.5) is 5.00 Å². The van der Waals surface area contributed by atoms with Gasteiger partial charge >= 0.3 is 0 Å². The molecule has 7 heteroatoms. The third-order valence-corrected chi connectivity index (χ3v) is 6.06. The Balaban J connectivity index is 1.94. The zero-order valence-corrected chi connectivity index (χ0v) is 15.8. The second kappa shape index (κ2) is 7.92. The molecule has 0 aliphatic heterocycles. The van der Waals surface area contributed by atoms with Gasteiger partial charge in [0.2, 0.25) is 5.91 Å². The molecule has 1 aromatic heterocycles. The minimum atomic E-state index is -1.20. The van der Waals surface area contributed by atoms with Crippen molar-refractivity contribution in [2.24, 2.45) is 17.6 Å². The quantitative estimate of drug-likeness (QED) is 0.822. The second-order valence-electron chi connectivity index (χ2n) is 6.77. The molecule has 1 aliphatic rings. The van der Waals surface area contributed by atoms with Crippen LogP contribution in [0.25, 0.3) is 11.1 Å². The highest BCUT2D eigenvalue weighted by Gasteiger charge is 2.33. The van der Waals surface area contributed by atoms with Crippen molar-refractivity contribution < 1.29 is 19.5 Å². The maximum Gasteiger partial charge on any atom is 0.252 e. The number of thiophene rings is 1. The van der Waals surface area contributed by atoms with Gasteiger partial charge in [-0.25, -0.2) is 0 Å². The van der Waals surface area contributed by atoms with Crippen LogP contribution in [0.2, 0.25) is 0 Å². The molecular weight excluding hydrogens is 364 g/mol. The lowest BCUT2D eigenvalue weighted by Crippen LogP contribution is -2.42. The third kappa shape index (κ3) is 3.88. The van der Waals surface area contributed by atoms with Crippen LogP contribution in [-0.2, 0) is 9.59 Å². The number of anilines is 1. The Hall–Kier alpha value is -2.67. The van der Waals surface area contributed by atoms with E-state index in [1.165, 1.54) is 11.3 Å². The summed E-state index contributed by atoms with van der Waals surface area (Å²) in [5.41, 5.74) is 7.41. The normalized spacial score (nSPS) is 19.4. The summed E-state index contributed by atoms with van der Waals surface area (Å²) in [6.45, 7) is 1.86. The molecule has 1 saturated carbocycles. The number of benzene rings is 1. The Morgan fingerprint density at radius 2 is 1.74 bits per heavy atom. The standard InChI is InChI=1S/C20H22N2O4S/c1-11-15(12-7-3-2-4-8-12)16(17(21)23)19(27-11)22-18(24)13-9-5-6-10-14(13)20(25)26/h2-4,7-8,13-14H,5-6,9-10H2,1H3,(H2,21,23)(H,22,24)(H,25,26)/p-1/t13-,14+/m1/s1. The smallest absolute Gasteiger partial charge is 0.252 e. The van der Waals surface area contributed by atoms with Gasteiger partial charge in [-0.15, -0.1) is 11.3 Å². The number of carboxylic acids is 1. The zero-order valence-electron chi connectivity index (χ0n) is 15.0. The van der Waals surface area contributed by atoms with Crippen molar-refractivity contribution in [1.82, 2.24) is 0 Å². The van der Waals surface area contributed by atoms with Gasteiger partial charge in [0.1, 0.15) is 5.00 Å². The van der Waals surface area contributed by atoms with Crippen LogP contribution >= 0.6 is 11.3 Å². The molecular formula is C20H21N2O4S-. The van der Waals surface area contributed by atoms with Gasteiger partial charge in [0.15, 0.2) is 0 Å². The van der Waals surface area contributed by atoms with Crippen LogP contribution in [-0.4, -0.2) is 17.8 Å². The molecule has 27 heavy (non-hydrogen) atoms. The molecule has 3 N–H and O–H groups in total. The molecule has 0 unspecified atom stereocenters. The molecule has 0 saturated heterocycles. The topological polar surface area (TPSA) is 112 Å². The lowest BCUT2D eigenvalue weighted by molar-refractivity contribution is -0.313. The van der Waals surface area contributed by atoms with Crippen LogP contribution in [0.15, 0.2) is 30.3 Å². The van der Waals surface area contributed by atoms with Crippen molar-refractivity contribution in [1.29, 1.82) is 0 Å². The Labute approximate surface area is 161 Å². The van der Waals surface area contributed by atoms with Crippen LogP contribution in [0.1, 0.15) is 40.9 Å². The molecule has 0 spiro atoms. The highest BCUT2D eigenvalue weighted by molar-refractivity contribution is 7.17. The predicted octanol–water partition coefficient (Wildman–Crippen LogP) is 2.32. The first-order valence-corrected chi connectivity index (χ1v) is 9.72. The summed E-state index contributed by atoms with van der Waals surface area (Å²) >= 11 is 1.27. The van der Waals surface area contributed by atoms with E-state index in [1.807, 2.05) is 37.3 Å². The Kier molecular flexibility index (Phi) is 5.60. The number of carboxylic acid groups (broad SMARTS) is 1. The average Bonchev–Trinajstić information content (AvgIpc) is 2.98. The van der Waals surface area contributed by atoms with Crippen molar-refractivity contribution in [2.45, 2.75) is 32.6 Å². The minimum absolute atomic E-state index is 0.262. The minimum Gasteiger partial charge on any atom is -0.550 e. The summed E-state index contributed by atoms with van der Waals surface area (Å²) in [7, 11) is 0. The lowest BCUT2D eigenvalue weighted by Gasteiger charge is -2.31. The largest absolute Gasteiger partial charge is 0.550 e. The van der Waals surface area contributed by atoms with Crippen LogP contribution in [0.3, 0.4) is 0 Å². The Bertz CT molecular complexity index is 876. The van der Waals surface area contributed by atoms with Gasteiger partial charge in [-0.05, 0) is 25.3 Å². The highest BCUT2D eigenvalue weighted by Crippen LogP contribution is 2.40. The van der Waals surface area contributed by atoms with E-state index in [2.05, 4.69) is 5.32 Å². The SMILES string of the molecule is Cc1sc(NC(=O)[C@@H]2CCCC[C@@H]2C(=O)[O-])c(C(N)=O)c1-c1ccccc1. The molecule has 2 amide bonds. The summed E-state index contributed by atoms with van der Waals surface area (Å²) in [5.74, 6) is -3.68. The molecule has 0 radical (unpaired) electrons. The van der Waals surface area contributed by atoms with Crippen molar-refractivity contribution in [3.63, 3.8) is 0 Å². The number of aryl methyl sites for hydroxylation is 1. The fraction of sp³-hybridized carbons (Fsp3) is 0.350. The fourth-order valence-electron chi connectivity index (χ4n) is 3.75. The molecule has 3 rings (SSSR count).